The third kappa shape index (κ3) is 3.50. The quantitative estimate of drug-likeness (QED) is 0.862. The van der Waals surface area contributed by atoms with Gasteiger partial charge in [0.25, 0.3) is 0 Å². The predicted octanol–water partition coefficient (Wildman–Crippen LogP) is 2.07. The molecule has 2 aliphatic rings. The number of aromatic nitrogens is 2. The van der Waals surface area contributed by atoms with Crippen LogP contribution in [0.25, 0.3) is 0 Å². The molecular formula is C21H26N6O2. The van der Waals surface area contributed by atoms with Gasteiger partial charge < -0.3 is 20.0 Å². The molecule has 8 nitrogen and oxygen atoms in total. The van der Waals surface area contributed by atoms with Crippen molar-refractivity contribution in [1.29, 1.82) is 0 Å². The van der Waals surface area contributed by atoms with Crippen LogP contribution in [0.5, 0.6) is 0 Å². The molecule has 0 spiro atoms. The fraction of sp³-hybridized carbons (Fsp3) is 0.429. The second-order valence-corrected chi connectivity index (χ2v) is 7.89. The van der Waals surface area contributed by atoms with Gasteiger partial charge in [0, 0.05) is 51.8 Å². The number of fused-ring (bicyclic) bond motifs is 1. The Morgan fingerprint density at radius 2 is 1.86 bits per heavy atom. The van der Waals surface area contributed by atoms with Gasteiger partial charge in [0.15, 0.2) is 0 Å². The number of para-hydroxylation sites is 1. The Hall–Kier alpha value is -3.16. The first-order valence-corrected chi connectivity index (χ1v) is 9.88. The number of hydrogen-bond donors (Lipinski definition) is 1. The Morgan fingerprint density at radius 1 is 1.14 bits per heavy atom. The summed E-state index contributed by atoms with van der Waals surface area (Å²) in [5.41, 5.74) is 0.0817. The van der Waals surface area contributed by atoms with Crippen LogP contribution in [0.2, 0.25) is 0 Å². The largest absolute Gasteiger partial charge is 0.348 e. The van der Waals surface area contributed by atoms with Crippen LogP contribution in [0.4, 0.5) is 16.4 Å². The van der Waals surface area contributed by atoms with Crippen molar-refractivity contribution in [3.8, 4) is 0 Å². The van der Waals surface area contributed by atoms with Crippen LogP contribution in [0, 0.1) is 5.41 Å². The zero-order valence-electron chi connectivity index (χ0n) is 16.8. The van der Waals surface area contributed by atoms with Gasteiger partial charge in [0.05, 0.1) is 11.5 Å². The summed E-state index contributed by atoms with van der Waals surface area (Å²) in [6.45, 7) is 1.61. The molecule has 1 aromatic carbocycles. The molecule has 0 bridgehead atoms. The first-order valence-electron chi connectivity index (χ1n) is 9.88. The van der Waals surface area contributed by atoms with Crippen LogP contribution in [0.1, 0.15) is 12.8 Å². The third-order valence-corrected chi connectivity index (χ3v) is 5.86. The number of amides is 3. The molecular weight excluding hydrogens is 368 g/mol. The summed E-state index contributed by atoms with van der Waals surface area (Å²) in [4.78, 5) is 40.6. The molecule has 152 valence electrons. The van der Waals surface area contributed by atoms with E-state index in [1.54, 1.807) is 42.4 Å². The lowest BCUT2D eigenvalue weighted by Crippen LogP contribution is -2.58. The molecule has 0 unspecified atom stereocenters. The minimum absolute atomic E-state index is 0.0538. The average molecular weight is 394 g/mol. The van der Waals surface area contributed by atoms with Crippen molar-refractivity contribution in [2.24, 2.45) is 5.41 Å². The number of piperidine rings is 1. The lowest BCUT2D eigenvalue weighted by Gasteiger charge is -2.45. The van der Waals surface area contributed by atoms with Crippen molar-refractivity contribution in [3.63, 3.8) is 0 Å². The second kappa shape index (κ2) is 7.69. The normalized spacial score (nSPS) is 23.4. The number of hydrogen-bond acceptors (Lipinski definition) is 5. The van der Waals surface area contributed by atoms with E-state index in [1.165, 1.54) is 0 Å². The number of carbonyl (C=O) groups is 2. The molecule has 29 heavy (non-hydrogen) atoms. The summed E-state index contributed by atoms with van der Waals surface area (Å²) in [5.74, 6) is 0.664. The van der Waals surface area contributed by atoms with E-state index >= 15 is 0 Å². The number of urea groups is 1. The maximum absolute atomic E-state index is 13.3. The Morgan fingerprint density at radius 3 is 2.55 bits per heavy atom. The molecule has 2 aromatic rings. The van der Waals surface area contributed by atoms with E-state index in [1.807, 2.05) is 30.3 Å². The lowest BCUT2D eigenvalue weighted by atomic mass is 9.74. The smallest absolute Gasteiger partial charge is 0.321 e. The Bertz CT molecular complexity index is 875. The molecule has 1 N–H and O–H groups in total. The van der Waals surface area contributed by atoms with Gasteiger partial charge in [-0.05, 0) is 31.0 Å². The van der Waals surface area contributed by atoms with E-state index in [0.29, 0.717) is 19.0 Å². The van der Waals surface area contributed by atoms with Gasteiger partial charge in [0.2, 0.25) is 11.9 Å². The summed E-state index contributed by atoms with van der Waals surface area (Å²) in [6.07, 6.45) is 5.01. The van der Waals surface area contributed by atoms with Crippen molar-refractivity contribution in [3.05, 3.63) is 48.8 Å². The highest BCUT2D eigenvalue weighted by molar-refractivity contribution is 5.92. The topological polar surface area (TPSA) is 81.7 Å². The summed E-state index contributed by atoms with van der Waals surface area (Å²) in [5, 5.41) is 2.95. The highest BCUT2D eigenvalue weighted by Gasteiger charge is 2.57. The molecule has 0 saturated carbocycles. The van der Waals surface area contributed by atoms with Crippen molar-refractivity contribution < 1.29 is 9.59 Å². The molecule has 0 aliphatic carbocycles. The van der Waals surface area contributed by atoms with Crippen LogP contribution in [-0.4, -0.2) is 71.5 Å². The van der Waals surface area contributed by atoms with E-state index < -0.39 is 5.41 Å². The molecule has 2 atom stereocenters. The van der Waals surface area contributed by atoms with Crippen LogP contribution in [0.15, 0.2) is 48.8 Å². The van der Waals surface area contributed by atoms with Crippen LogP contribution >= 0.6 is 0 Å². The first kappa shape index (κ1) is 19.2. The summed E-state index contributed by atoms with van der Waals surface area (Å²) >= 11 is 0. The number of nitrogens with one attached hydrogen (secondary N) is 1. The zero-order chi connectivity index (χ0) is 20.4. The first-order chi connectivity index (χ1) is 14.0. The Balaban J connectivity index is 1.64. The predicted molar refractivity (Wildman–Crippen MR) is 111 cm³/mol. The van der Waals surface area contributed by atoms with Gasteiger partial charge >= 0.3 is 6.03 Å². The van der Waals surface area contributed by atoms with Crippen molar-refractivity contribution in [2.75, 3.05) is 43.9 Å². The maximum Gasteiger partial charge on any atom is 0.321 e. The molecule has 8 heteroatoms. The van der Waals surface area contributed by atoms with Gasteiger partial charge in [-0.3, -0.25) is 4.79 Å². The van der Waals surface area contributed by atoms with Crippen molar-refractivity contribution in [2.45, 2.75) is 18.9 Å². The molecule has 3 heterocycles. The van der Waals surface area contributed by atoms with Crippen LogP contribution in [-0.2, 0) is 4.79 Å². The fourth-order valence-electron chi connectivity index (χ4n) is 4.58. The minimum Gasteiger partial charge on any atom is -0.348 e. The van der Waals surface area contributed by atoms with Crippen molar-refractivity contribution in [1.82, 2.24) is 19.8 Å². The van der Waals surface area contributed by atoms with Gasteiger partial charge in [-0.25, -0.2) is 14.8 Å². The molecule has 1 aromatic heterocycles. The highest BCUT2D eigenvalue weighted by Crippen LogP contribution is 2.44. The third-order valence-electron chi connectivity index (χ3n) is 5.86. The van der Waals surface area contributed by atoms with E-state index in [-0.39, 0.29) is 18.0 Å². The average Bonchev–Trinajstić information content (AvgIpc) is 3.15. The van der Waals surface area contributed by atoms with E-state index in [4.69, 9.17) is 0 Å². The molecule has 2 saturated heterocycles. The molecule has 4 rings (SSSR count). The van der Waals surface area contributed by atoms with Gasteiger partial charge in [-0.15, -0.1) is 0 Å². The van der Waals surface area contributed by atoms with E-state index in [0.717, 1.165) is 25.1 Å². The van der Waals surface area contributed by atoms with Crippen LogP contribution < -0.4 is 10.2 Å². The lowest BCUT2D eigenvalue weighted by molar-refractivity contribution is -0.140. The zero-order valence-corrected chi connectivity index (χ0v) is 16.8. The van der Waals surface area contributed by atoms with Gasteiger partial charge in [0.1, 0.15) is 0 Å². The van der Waals surface area contributed by atoms with Crippen LogP contribution in [0.3, 0.4) is 0 Å². The number of carbonyl (C=O) groups excluding carboxylic acids is 2. The second-order valence-electron chi connectivity index (χ2n) is 7.89. The van der Waals surface area contributed by atoms with E-state index in [9.17, 15) is 9.59 Å². The number of benzene rings is 1. The molecule has 2 fully saturated rings. The summed E-state index contributed by atoms with van der Waals surface area (Å²) in [7, 11) is 3.55. The summed E-state index contributed by atoms with van der Waals surface area (Å²) in [6, 6.07) is 10.8. The summed E-state index contributed by atoms with van der Waals surface area (Å²) < 4.78 is 0. The van der Waals surface area contributed by atoms with Crippen molar-refractivity contribution >= 4 is 23.6 Å². The van der Waals surface area contributed by atoms with Gasteiger partial charge in [-0.1, -0.05) is 18.2 Å². The van der Waals surface area contributed by atoms with Gasteiger partial charge in [-0.2, -0.15) is 0 Å². The SMILES string of the molecule is CN(C)C(=O)[C@@]12CCCN(c3ncccn3)[C@@H]1CN(C(=O)Nc1ccccc1)C2. The standard InChI is InChI=1S/C21H26N6O2/c1-25(2)18(28)21-10-6-13-27(19-22-11-7-12-23-19)17(21)14-26(15-21)20(29)24-16-8-4-3-5-9-16/h3-5,7-9,11-12,17H,6,10,13-15H2,1-2H3,(H,24,29)/t17-,21-/m1/s1. The Labute approximate surface area is 170 Å². The molecule has 3 amide bonds. The molecule has 0 radical (unpaired) electrons. The number of likely N-dealkylation sites (tertiary alicyclic amines) is 1. The highest BCUT2D eigenvalue weighted by atomic mass is 16.2. The number of rotatable bonds is 3. The monoisotopic (exact) mass is 394 g/mol. The minimum atomic E-state index is -0.658. The van der Waals surface area contributed by atoms with E-state index in [2.05, 4.69) is 20.2 Å². The molecule has 2 aliphatic heterocycles. The maximum atomic E-state index is 13.3. The fourth-order valence-corrected chi connectivity index (χ4v) is 4.58. The Kier molecular flexibility index (Phi) is 5.08. The number of nitrogens with zero attached hydrogens (tertiary/aromatic N) is 5. The number of anilines is 2.